The third-order valence-corrected chi connectivity index (χ3v) is 2.02. The highest BCUT2D eigenvalue weighted by atomic mass is 16.2. The van der Waals surface area contributed by atoms with Gasteiger partial charge in [0.15, 0.2) is 0 Å². The molecule has 5 nitrogen and oxygen atoms in total. The lowest BCUT2D eigenvalue weighted by Crippen LogP contribution is -2.28. The van der Waals surface area contributed by atoms with Crippen LogP contribution in [0.25, 0.3) is 0 Å². The van der Waals surface area contributed by atoms with Crippen LogP contribution in [0.5, 0.6) is 0 Å². The Labute approximate surface area is 94.0 Å². The number of benzene rings is 1. The average Bonchev–Trinajstić information content (AvgIpc) is 2.27. The van der Waals surface area contributed by atoms with Crippen LogP contribution in [-0.4, -0.2) is 18.5 Å². The van der Waals surface area contributed by atoms with E-state index in [1.54, 1.807) is 24.3 Å². The summed E-state index contributed by atoms with van der Waals surface area (Å²) in [6.45, 7) is 2.83. The van der Waals surface area contributed by atoms with Crippen molar-refractivity contribution in [3.8, 4) is 0 Å². The molecule has 0 atom stereocenters. The van der Waals surface area contributed by atoms with E-state index in [0.717, 1.165) is 5.56 Å². The van der Waals surface area contributed by atoms with Gasteiger partial charge in [-0.1, -0.05) is 12.1 Å². The fourth-order valence-electron chi connectivity index (χ4n) is 1.23. The molecule has 0 fully saturated rings. The molecule has 0 aliphatic heterocycles. The zero-order valence-electron chi connectivity index (χ0n) is 9.12. The normalized spacial score (nSPS) is 9.56. The van der Waals surface area contributed by atoms with Gasteiger partial charge in [0.2, 0.25) is 0 Å². The monoisotopic (exact) mass is 221 g/mol. The number of rotatable bonds is 4. The van der Waals surface area contributed by atoms with Gasteiger partial charge in [0.25, 0.3) is 5.91 Å². The molecule has 4 N–H and O–H groups in total. The summed E-state index contributed by atoms with van der Waals surface area (Å²) in [5, 5.41) is 5.18. The van der Waals surface area contributed by atoms with E-state index in [9.17, 15) is 9.59 Å². The zero-order valence-corrected chi connectivity index (χ0v) is 9.12. The van der Waals surface area contributed by atoms with Crippen molar-refractivity contribution in [3.63, 3.8) is 0 Å². The largest absolute Gasteiger partial charge is 0.352 e. The predicted octanol–water partition coefficient (Wildman–Crippen LogP) is 0.605. The molecule has 0 aliphatic rings. The van der Waals surface area contributed by atoms with E-state index in [1.807, 2.05) is 6.92 Å². The maximum Gasteiger partial charge on any atom is 0.312 e. The molecule has 0 unspecified atom stereocenters. The summed E-state index contributed by atoms with van der Waals surface area (Å²) in [4.78, 5) is 21.9. The standard InChI is InChI=1S/C11H15N3O2/c1-2-13-10(15)9-5-3-8(4-6-9)7-14-11(12)16/h3-6H,2,7H2,1H3,(H,13,15)(H3,12,14,16). The van der Waals surface area contributed by atoms with Crippen molar-refractivity contribution in [2.24, 2.45) is 5.73 Å². The summed E-state index contributed by atoms with van der Waals surface area (Å²) < 4.78 is 0. The summed E-state index contributed by atoms with van der Waals surface area (Å²) in [5.41, 5.74) is 6.44. The summed E-state index contributed by atoms with van der Waals surface area (Å²) in [6, 6.07) is 6.42. The summed E-state index contributed by atoms with van der Waals surface area (Å²) in [7, 11) is 0. The van der Waals surface area contributed by atoms with Crippen LogP contribution in [0, 0.1) is 0 Å². The van der Waals surface area contributed by atoms with Gasteiger partial charge >= 0.3 is 6.03 Å². The molecule has 3 amide bonds. The maximum atomic E-state index is 11.4. The first-order valence-corrected chi connectivity index (χ1v) is 5.04. The van der Waals surface area contributed by atoms with E-state index in [0.29, 0.717) is 18.7 Å². The molecule has 16 heavy (non-hydrogen) atoms. The van der Waals surface area contributed by atoms with Gasteiger partial charge in [-0.05, 0) is 24.6 Å². The van der Waals surface area contributed by atoms with Gasteiger partial charge in [-0.2, -0.15) is 0 Å². The molecule has 0 aromatic heterocycles. The molecular weight excluding hydrogens is 206 g/mol. The molecule has 0 saturated carbocycles. The minimum Gasteiger partial charge on any atom is -0.352 e. The highest BCUT2D eigenvalue weighted by molar-refractivity contribution is 5.94. The van der Waals surface area contributed by atoms with Crippen molar-refractivity contribution in [2.45, 2.75) is 13.5 Å². The Hall–Kier alpha value is -2.04. The van der Waals surface area contributed by atoms with E-state index in [-0.39, 0.29) is 5.91 Å². The Kier molecular flexibility index (Phi) is 4.32. The molecule has 1 aromatic rings. The van der Waals surface area contributed by atoms with Crippen molar-refractivity contribution < 1.29 is 9.59 Å². The smallest absolute Gasteiger partial charge is 0.312 e. The first-order chi connectivity index (χ1) is 7.63. The molecule has 0 aliphatic carbocycles. The molecule has 0 heterocycles. The van der Waals surface area contributed by atoms with Crippen LogP contribution in [-0.2, 0) is 6.54 Å². The Bertz CT molecular complexity index is 373. The van der Waals surface area contributed by atoms with Gasteiger partial charge in [-0.25, -0.2) is 4.79 Å². The van der Waals surface area contributed by atoms with E-state index in [4.69, 9.17) is 5.73 Å². The molecule has 0 radical (unpaired) electrons. The zero-order chi connectivity index (χ0) is 12.0. The summed E-state index contributed by atoms with van der Waals surface area (Å²) >= 11 is 0. The molecule has 0 bridgehead atoms. The molecule has 86 valence electrons. The highest BCUT2D eigenvalue weighted by Crippen LogP contribution is 2.04. The van der Waals surface area contributed by atoms with Gasteiger partial charge in [-0.15, -0.1) is 0 Å². The predicted molar refractivity (Wildman–Crippen MR) is 60.9 cm³/mol. The summed E-state index contributed by atoms with van der Waals surface area (Å²) in [5.74, 6) is -0.100. The second kappa shape index (κ2) is 5.75. The lowest BCUT2D eigenvalue weighted by atomic mass is 10.1. The molecule has 0 saturated heterocycles. The van der Waals surface area contributed by atoms with Crippen LogP contribution in [0.2, 0.25) is 0 Å². The fraction of sp³-hybridized carbons (Fsp3) is 0.273. The molecule has 1 aromatic carbocycles. The van der Waals surface area contributed by atoms with Crippen LogP contribution in [0.3, 0.4) is 0 Å². The lowest BCUT2D eigenvalue weighted by molar-refractivity contribution is 0.0956. The van der Waals surface area contributed by atoms with Crippen molar-refractivity contribution in [1.82, 2.24) is 10.6 Å². The molecule has 1 rings (SSSR count). The van der Waals surface area contributed by atoms with E-state index in [1.165, 1.54) is 0 Å². The maximum absolute atomic E-state index is 11.4. The second-order valence-corrected chi connectivity index (χ2v) is 3.27. The highest BCUT2D eigenvalue weighted by Gasteiger charge is 2.03. The van der Waals surface area contributed by atoms with Crippen LogP contribution in [0.15, 0.2) is 24.3 Å². The Balaban J connectivity index is 2.60. The average molecular weight is 221 g/mol. The Morgan fingerprint density at radius 3 is 2.31 bits per heavy atom. The van der Waals surface area contributed by atoms with Gasteiger partial charge in [0, 0.05) is 18.7 Å². The molecular formula is C11H15N3O2. The first-order valence-electron chi connectivity index (χ1n) is 5.04. The Morgan fingerprint density at radius 2 is 1.81 bits per heavy atom. The van der Waals surface area contributed by atoms with E-state index < -0.39 is 6.03 Å². The number of hydrogen-bond acceptors (Lipinski definition) is 2. The fourth-order valence-corrected chi connectivity index (χ4v) is 1.23. The summed E-state index contributed by atoms with van der Waals surface area (Å²) in [6.07, 6.45) is 0. The molecule has 5 heteroatoms. The number of amides is 3. The van der Waals surface area contributed by atoms with Gasteiger partial charge in [0.05, 0.1) is 0 Å². The number of carbonyl (C=O) groups is 2. The minimum absolute atomic E-state index is 0.100. The third kappa shape index (κ3) is 3.61. The Morgan fingerprint density at radius 1 is 1.19 bits per heavy atom. The van der Waals surface area contributed by atoms with Crippen molar-refractivity contribution in [3.05, 3.63) is 35.4 Å². The van der Waals surface area contributed by atoms with Gasteiger partial charge in [0.1, 0.15) is 0 Å². The van der Waals surface area contributed by atoms with Crippen molar-refractivity contribution in [1.29, 1.82) is 0 Å². The quantitative estimate of drug-likeness (QED) is 0.695. The van der Waals surface area contributed by atoms with Crippen LogP contribution in [0.4, 0.5) is 4.79 Å². The number of nitrogens with one attached hydrogen (secondary N) is 2. The van der Waals surface area contributed by atoms with E-state index >= 15 is 0 Å². The van der Waals surface area contributed by atoms with Gasteiger partial charge < -0.3 is 16.4 Å². The number of urea groups is 1. The number of primary amides is 1. The van der Waals surface area contributed by atoms with Crippen LogP contribution >= 0.6 is 0 Å². The number of hydrogen-bond donors (Lipinski definition) is 3. The lowest BCUT2D eigenvalue weighted by Gasteiger charge is -2.04. The third-order valence-electron chi connectivity index (χ3n) is 2.02. The van der Waals surface area contributed by atoms with Crippen LogP contribution < -0.4 is 16.4 Å². The van der Waals surface area contributed by atoms with E-state index in [2.05, 4.69) is 10.6 Å². The first kappa shape index (κ1) is 12.0. The van der Waals surface area contributed by atoms with Crippen LogP contribution in [0.1, 0.15) is 22.8 Å². The minimum atomic E-state index is -0.562. The second-order valence-electron chi connectivity index (χ2n) is 3.27. The topological polar surface area (TPSA) is 84.2 Å². The van der Waals surface area contributed by atoms with Gasteiger partial charge in [-0.3, -0.25) is 4.79 Å². The van der Waals surface area contributed by atoms with Crippen molar-refractivity contribution in [2.75, 3.05) is 6.54 Å². The number of carbonyl (C=O) groups excluding carboxylic acids is 2. The number of nitrogens with two attached hydrogens (primary N) is 1. The van der Waals surface area contributed by atoms with Crippen molar-refractivity contribution >= 4 is 11.9 Å². The molecule has 0 spiro atoms. The SMILES string of the molecule is CCNC(=O)c1ccc(CNC(N)=O)cc1.